The first kappa shape index (κ1) is 13.6. The van der Waals surface area contributed by atoms with E-state index in [2.05, 4.69) is 10.1 Å². The summed E-state index contributed by atoms with van der Waals surface area (Å²) in [6, 6.07) is 6.32. The van der Waals surface area contributed by atoms with Gasteiger partial charge in [-0.2, -0.15) is 0 Å². The van der Waals surface area contributed by atoms with Crippen molar-refractivity contribution in [2.24, 2.45) is 16.8 Å². The normalized spacial score (nSPS) is 26.6. The highest BCUT2D eigenvalue weighted by molar-refractivity contribution is 6.34. The highest BCUT2D eigenvalue weighted by Crippen LogP contribution is 2.40. The van der Waals surface area contributed by atoms with E-state index in [1.807, 2.05) is 12.1 Å². The van der Waals surface area contributed by atoms with Gasteiger partial charge in [0.05, 0.1) is 10.6 Å². The molecular weight excluding hydrogens is 274 g/mol. The molecule has 5 heteroatoms. The fraction of sp³-hybridized carbons (Fsp3) is 0.533. The molecule has 1 aliphatic heterocycles. The zero-order valence-corrected chi connectivity index (χ0v) is 12.2. The van der Waals surface area contributed by atoms with E-state index >= 15 is 0 Å². The first-order valence-corrected chi connectivity index (χ1v) is 7.63. The van der Waals surface area contributed by atoms with Gasteiger partial charge < -0.3 is 15.8 Å². The van der Waals surface area contributed by atoms with Crippen LogP contribution in [-0.4, -0.2) is 23.6 Å². The Balaban J connectivity index is 2.00. The summed E-state index contributed by atoms with van der Waals surface area (Å²) in [6.07, 6.45) is 6.41. The minimum atomic E-state index is 0.0878. The smallest absolute Gasteiger partial charge is 0.173 e. The van der Waals surface area contributed by atoms with Crippen LogP contribution in [0.5, 0.6) is 0 Å². The van der Waals surface area contributed by atoms with E-state index in [0.717, 1.165) is 18.2 Å². The van der Waals surface area contributed by atoms with Crippen LogP contribution in [0.25, 0.3) is 0 Å². The number of hydrogen-bond acceptors (Lipinski definition) is 3. The lowest BCUT2D eigenvalue weighted by Gasteiger charge is -2.34. The molecule has 1 aromatic rings. The second kappa shape index (κ2) is 5.52. The number of halogens is 1. The maximum Gasteiger partial charge on any atom is 0.173 e. The van der Waals surface area contributed by atoms with Crippen LogP contribution >= 0.6 is 11.6 Å². The van der Waals surface area contributed by atoms with Crippen LogP contribution in [0, 0.1) is 5.92 Å². The van der Waals surface area contributed by atoms with Crippen LogP contribution in [0.2, 0.25) is 5.02 Å². The SMILES string of the molecule is N/C(=N/O)c1c(Cl)cccc1N1CCC2CCCCC21. The predicted octanol–water partition coefficient (Wildman–Crippen LogP) is 3.20. The largest absolute Gasteiger partial charge is 0.409 e. The minimum Gasteiger partial charge on any atom is -0.409 e. The van der Waals surface area contributed by atoms with E-state index in [-0.39, 0.29) is 5.84 Å². The Labute approximate surface area is 124 Å². The third kappa shape index (κ3) is 2.22. The molecule has 2 unspecified atom stereocenters. The Bertz CT molecular complexity index is 532. The molecule has 0 bridgehead atoms. The number of nitrogens with two attached hydrogens (primary N) is 1. The van der Waals surface area contributed by atoms with Gasteiger partial charge in [0.15, 0.2) is 5.84 Å². The molecule has 0 aromatic heterocycles. The van der Waals surface area contributed by atoms with Crippen molar-refractivity contribution in [3.63, 3.8) is 0 Å². The number of oxime groups is 1. The summed E-state index contributed by atoms with van der Waals surface area (Å²) < 4.78 is 0. The van der Waals surface area contributed by atoms with E-state index < -0.39 is 0 Å². The molecule has 3 N–H and O–H groups in total. The van der Waals surface area contributed by atoms with E-state index in [1.54, 1.807) is 6.07 Å². The third-order valence-electron chi connectivity index (χ3n) is 4.68. The zero-order chi connectivity index (χ0) is 14.1. The van der Waals surface area contributed by atoms with Gasteiger partial charge in [-0.05, 0) is 37.3 Å². The van der Waals surface area contributed by atoms with Gasteiger partial charge in [0.2, 0.25) is 0 Å². The molecule has 2 fully saturated rings. The number of anilines is 1. The fourth-order valence-electron chi connectivity index (χ4n) is 3.76. The van der Waals surface area contributed by atoms with Gasteiger partial charge in [-0.3, -0.25) is 0 Å². The fourth-order valence-corrected chi connectivity index (χ4v) is 4.03. The van der Waals surface area contributed by atoms with Gasteiger partial charge in [0, 0.05) is 18.3 Å². The monoisotopic (exact) mass is 293 g/mol. The molecule has 2 aliphatic rings. The molecule has 0 amide bonds. The summed E-state index contributed by atoms with van der Waals surface area (Å²) in [5, 5.41) is 12.7. The van der Waals surface area contributed by atoms with Crippen molar-refractivity contribution >= 4 is 23.1 Å². The van der Waals surface area contributed by atoms with Gasteiger partial charge >= 0.3 is 0 Å². The molecule has 3 rings (SSSR count). The Morgan fingerprint density at radius 2 is 2.10 bits per heavy atom. The maximum absolute atomic E-state index is 9.00. The quantitative estimate of drug-likeness (QED) is 0.381. The number of benzene rings is 1. The number of rotatable bonds is 2. The van der Waals surface area contributed by atoms with Crippen molar-refractivity contribution in [1.82, 2.24) is 0 Å². The molecule has 0 spiro atoms. The maximum atomic E-state index is 9.00. The van der Waals surface area contributed by atoms with E-state index in [1.165, 1.54) is 32.1 Å². The molecule has 1 aliphatic carbocycles. The molecule has 20 heavy (non-hydrogen) atoms. The molecule has 4 nitrogen and oxygen atoms in total. The summed E-state index contributed by atoms with van der Waals surface area (Å²) in [7, 11) is 0. The minimum absolute atomic E-state index is 0.0878. The van der Waals surface area contributed by atoms with Crippen LogP contribution < -0.4 is 10.6 Å². The van der Waals surface area contributed by atoms with Crippen LogP contribution in [0.3, 0.4) is 0 Å². The topological polar surface area (TPSA) is 61.9 Å². The zero-order valence-electron chi connectivity index (χ0n) is 11.4. The molecule has 108 valence electrons. The molecular formula is C15H20ClN3O. The van der Waals surface area contributed by atoms with Crippen molar-refractivity contribution in [2.45, 2.75) is 38.1 Å². The van der Waals surface area contributed by atoms with Gasteiger partial charge in [0.1, 0.15) is 0 Å². The van der Waals surface area contributed by atoms with Gasteiger partial charge in [-0.15, -0.1) is 0 Å². The van der Waals surface area contributed by atoms with Crippen LogP contribution in [0.1, 0.15) is 37.7 Å². The number of amidine groups is 1. The number of hydrogen-bond donors (Lipinski definition) is 2. The van der Waals surface area contributed by atoms with Crippen LogP contribution in [0.4, 0.5) is 5.69 Å². The molecule has 1 heterocycles. The molecule has 1 saturated carbocycles. The lowest BCUT2D eigenvalue weighted by Crippen LogP contribution is -2.36. The first-order valence-electron chi connectivity index (χ1n) is 7.25. The van der Waals surface area contributed by atoms with E-state index in [0.29, 0.717) is 16.6 Å². The van der Waals surface area contributed by atoms with Crippen molar-refractivity contribution in [2.75, 3.05) is 11.4 Å². The predicted molar refractivity (Wildman–Crippen MR) is 81.7 cm³/mol. The lowest BCUT2D eigenvalue weighted by atomic mass is 9.85. The third-order valence-corrected chi connectivity index (χ3v) is 4.99. The Kier molecular flexibility index (Phi) is 3.74. The van der Waals surface area contributed by atoms with Crippen molar-refractivity contribution in [3.05, 3.63) is 28.8 Å². The van der Waals surface area contributed by atoms with Crippen LogP contribution in [0.15, 0.2) is 23.4 Å². The Morgan fingerprint density at radius 1 is 1.30 bits per heavy atom. The van der Waals surface area contributed by atoms with Crippen molar-refractivity contribution < 1.29 is 5.21 Å². The second-order valence-corrected chi connectivity index (χ2v) is 6.12. The average Bonchev–Trinajstić information content (AvgIpc) is 2.90. The Morgan fingerprint density at radius 3 is 2.90 bits per heavy atom. The number of nitrogens with zero attached hydrogens (tertiary/aromatic N) is 2. The summed E-state index contributed by atoms with van der Waals surface area (Å²) in [5.41, 5.74) is 7.48. The van der Waals surface area contributed by atoms with Gasteiger partial charge in [0.25, 0.3) is 0 Å². The highest BCUT2D eigenvalue weighted by Gasteiger charge is 2.37. The summed E-state index contributed by atoms with van der Waals surface area (Å²) in [6.45, 7) is 1.03. The molecule has 1 aromatic carbocycles. The highest BCUT2D eigenvalue weighted by atomic mass is 35.5. The first-order chi connectivity index (χ1) is 9.72. The summed E-state index contributed by atoms with van der Waals surface area (Å²) in [4.78, 5) is 2.41. The number of fused-ring (bicyclic) bond motifs is 1. The Hall–Kier alpha value is -1.42. The summed E-state index contributed by atoms with van der Waals surface area (Å²) >= 11 is 6.26. The lowest BCUT2D eigenvalue weighted by molar-refractivity contribution is 0.318. The standard InChI is InChI=1S/C15H20ClN3O/c16-11-5-3-7-13(14(11)15(17)18-20)19-9-8-10-4-1-2-6-12(10)19/h3,5,7,10,12,20H,1-2,4,6,8-9H2,(H2,17,18). The molecule has 2 atom stereocenters. The van der Waals surface area contributed by atoms with Crippen molar-refractivity contribution in [3.8, 4) is 0 Å². The summed E-state index contributed by atoms with van der Waals surface area (Å²) in [5.74, 6) is 0.868. The average molecular weight is 294 g/mol. The van der Waals surface area contributed by atoms with Gasteiger partial charge in [-0.1, -0.05) is 35.7 Å². The van der Waals surface area contributed by atoms with Crippen molar-refractivity contribution in [1.29, 1.82) is 0 Å². The molecule has 0 radical (unpaired) electrons. The van der Waals surface area contributed by atoms with E-state index in [9.17, 15) is 0 Å². The second-order valence-electron chi connectivity index (χ2n) is 5.71. The van der Waals surface area contributed by atoms with E-state index in [4.69, 9.17) is 22.5 Å². The molecule has 1 saturated heterocycles. The van der Waals surface area contributed by atoms with Gasteiger partial charge in [-0.25, -0.2) is 0 Å². The van der Waals surface area contributed by atoms with Crippen LogP contribution in [-0.2, 0) is 0 Å².